The maximum Gasteiger partial charge on any atom is 0.196 e. The quantitative estimate of drug-likeness (QED) is 0.343. The fraction of sp³-hybridized carbons (Fsp3) is 0.370. The average molecular weight is 486 g/mol. The standard InChI is InChI=1S/C27H31N7S/c1-19-16-25(32-31-19)28-24-18-26(34-14-10-22(11-15-34)33-12-4-5-13-33)30-27(29-24)35-23-9-8-20-6-2-3-7-21(20)17-23/h2-3,6-9,16-18,22H,4-5,10-15H2,1H3,(H2,28,29,30,31,32). The van der Waals surface area contributed by atoms with Crippen LogP contribution in [0.3, 0.4) is 0 Å². The van der Waals surface area contributed by atoms with Gasteiger partial charge in [-0.1, -0.05) is 30.3 Å². The Morgan fingerprint density at radius 2 is 1.71 bits per heavy atom. The first-order chi connectivity index (χ1) is 17.2. The summed E-state index contributed by atoms with van der Waals surface area (Å²) in [4.78, 5) is 16.1. The molecule has 2 aromatic heterocycles. The molecule has 0 amide bonds. The smallest absolute Gasteiger partial charge is 0.196 e. The lowest BCUT2D eigenvalue weighted by Gasteiger charge is -2.37. The van der Waals surface area contributed by atoms with Crippen molar-refractivity contribution in [3.63, 3.8) is 0 Å². The lowest BCUT2D eigenvalue weighted by atomic mass is 10.0. The third-order valence-corrected chi connectivity index (χ3v) is 7.89. The van der Waals surface area contributed by atoms with E-state index < -0.39 is 0 Å². The van der Waals surface area contributed by atoms with E-state index in [1.165, 1.54) is 49.5 Å². The normalized spacial score (nSPS) is 17.3. The first kappa shape index (κ1) is 22.4. The van der Waals surface area contributed by atoms with Crippen LogP contribution in [-0.2, 0) is 0 Å². The number of benzene rings is 2. The number of nitrogens with zero attached hydrogens (tertiary/aromatic N) is 5. The van der Waals surface area contributed by atoms with E-state index in [-0.39, 0.29) is 0 Å². The van der Waals surface area contributed by atoms with Gasteiger partial charge in [0.1, 0.15) is 17.5 Å². The van der Waals surface area contributed by atoms with Crippen molar-refractivity contribution in [1.29, 1.82) is 0 Å². The van der Waals surface area contributed by atoms with Gasteiger partial charge in [-0.15, -0.1) is 0 Å². The molecule has 2 N–H and O–H groups in total. The van der Waals surface area contributed by atoms with Crippen LogP contribution in [0.2, 0.25) is 0 Å². The lowest BCUT2D eigenvalue weighted by molar-refractivity contribution is 0.207. The van der Waals surface area contributed by atoms with Crippen LogP contribution in [0.15, 0.2) is 64.6 Å². The molecule has 0 spiro atoms. The molecule has 2 aliphatic heterocycles. The zero-order valence-electron chi connectivity index (χ0n) is 20.1. The van der Waals surface area contributed by atoms with E-state index in [0.717, 1.165) is 46.3 Å². The van der Waals surface area contributed by atoms with Gasteiger partial charge in [-0.3, -0.25) is 5.10 Å². The highest BCUT2D eigenvalue weighted by Crippen LogP contribution is 2.32. The van der Waals surface area contributed by atoms with E-state index >= 15 is 0 Å². The summed E-state index contributed by atoms with van der Waals surface area (Å²) in [5.74, 6) is 2.60. The summed E-state index contributed by atoms with van der Waals surface area (Å²) < 4.78 is 0. The topological polar surface area (TPSA) is 73.0 Å². The van der Waals surface area contributed by atoms with Gasteiger partial charge >= 0.3 is 0 Å². The monoisotopic (exact) mass is 485 g/mol. The molecule has 0 saturated carbocycles. The van der Waals surface area contributed by atoms with Gasteiger partial charge in [0.15, 0.2) is 5.16 Å². The number of piperidine rings is 1. The third-order valence-electron chi connectivity index (χ3n) is 7.04. The number of hydrogen-bond acceptors (Lipinski definition) is 7. The summed E-state index contributed by atoms with van der Waals surface area (Å²) in [6.45, 7) is 6.56. The average Bonchev–Trinajstić information content (AvgIpc) is 3.56. The summed E-state index contributed by atoms with van der Waals surface area (Å²) >= 11 is 1.61. The molecule has 0 unspecified atom stereocenters. The molecule has 2 aliphatic rings. The second-order valence-corrected chi connectivity index (χ2v) is 10.6. The number of likely N-dealkylation sites (tertiary alicyclic amines) is 1. The molecule has 2 aromatic carbocycles. The maximum atomic E-state index is 5.00. The first-order valence-corrected chi connectivity index (χ1v) is 13.3. The first-order valence-electron chi connectivity index (χ1n) is 12.5. The van der Waals surface area contributed by atoms with Crippen LogP contribution in [0.1, 0.15) is 31.4 Å². The highest BCUT2D eigenvalue weighted by atomic mass is 32.2. The molecule has 2 fully saturated rings. The highest BCUT2D eigenvalue weighted by Gasteiger charge is 2.27. The van der Waals surface area contributed by atoms with Gasteiger partial charge in [-0.25, -0.2) is 9.97 Å². The van der Waals surface area contributed by atoms with E-state index in [0.29, 0.717) is 6.04 Å². The molecule has 0 aliphatic carbocycles. The second-order valence-electron chi connectivity index (χ2n) is 9.51. The van der Waals surface area contributed by atoms with Gasteiger partial charge in [0.05, 0.1) is 5.69 Å². The summed E-state index contributed by atoms with van der Waals surface area (Å²) in [5.41, 5.74) is 0.941. The highest BCUT2D eigenvalue weighted by molar-refractivity contribution is 7.99. The second kappa shape index (κ2) is 9.87. The Morgan fingerprint density at radius 3 is 2.49 bits per heavy atom. The number of H-pyrrole nitrogens is 1. The van der Waals surface area contributed by atoms with Crippen molar-refractivity contribution in [2.75, 3.05) is 36.4 Å². The van der Waals surface area contributed by atoms with Gasteiger partial charge in [0, 0.05) is 36.2 Å². The number of anilines is 3. The Kier molecular flexibility index (Phi) is 6.31. The summed E-state index contributed by atoms with van der Waals surface area (Å²) in [6.07, 6.45) is 5.09. The maximum absolute atomic E-state index is 5.00. The minimum absolute atomic E-state index is 0.715. The molecule has 0 bridgehead atoms. The van der Waals surface area contributed by atoms with E-state index in [9.17, 15) is 0 Å². The molecule has 35 heavy (non-hydrogen) atoms. The number of hydrogen-bond donors (Lipinski definition) is 2. The minimum Gasteiger partial charge on any atom is -0.356 e. The van der Waals surface area contributed by atoms with Crippen molar-refractivity contribution in [3.8, 4) is 0 Å². The van der Waals surface area contributed by atoms with Crippen molar-refractivity contribution < 1.29 is 0 Å². The molecule has 8 heteroatoms. The Balaban J connectivity index is 1.26. The number of aromatic amines is 1. The van der Waals surface area contributed by atoms with Crippen LogP contribution >= 0.6 is 11.8 Å². The molecule has 4 aromatic rings. The fourth-order valence-corrected chi connectivity index (χ4v) is 6.03. The third kappa shape index (κ3) is 5.13. The fourth-order valence-electron chi connectivity index (χ4n) is 5.21. The van der Waals surface area contributed by atoms with E-state index in [4.69, 9.17) is 9.97 Å². The van der Waals surface area contributed by atoms with Gasteiger partial charge in [0.2, 0.25) is 0 Å². The van der Waals surface area contributed by atoms with Crippen molar-refractivity contribution >= 4 is 40.0 Å². The van der Waals surface area contributed by atoms with Crippen molar-refractivity contribution in [3.05, 3.63) is 60.3 Å². The number of rotatable bonds is 6. The van der Waals surface area contributed by atoms with Crippen LogP contribution in [-0.4, -0.2) is 57.3 Å². The van der Waals surface area contributed by atoms with Crippen molar-refractivity contribution in [2.24, 2.45) is 0 Å². The molecule has 0 atom stereocenters. The number of fused-ring (bicyclic) bond motifs is 1. The van der Waals surface area contributed by atoms with E-state index in [1.807, 2.05) is 13.0 Å². The molecule has 0 radical (unpaired) electrons. The zero-order valence-corrected chi connectivity index (χ0v) is 20.9. The van der Waals surface area contributed by atoms with Crippen LogP contribution in [0.5, 0.6) is 0 Å². The molecule has 2 saturated heterocycles. The summed E-state index contributed by atoms with van der Waals surface area (Å²) in [6, 6.07) is 19.7. The van der Waals surface area contributed by atoms with Gasteiger partial charge < -0.3 is 15.1 Å². The molecular weight excluding hydrogens is 454 g/mol. The van der Waals surface area contributed by atoms with Gasteiger partial charge in [-0.05, 0) is 80.4 Å². The van der Waals surface area contributed by atoms with E-state index in [2.05, 4.69) is 73.8 Å². The summed E-state index contributed by atoms with van der Waals surface area (Å²) in [7, 11) is 0. The van der Waals surface area contributed by atoms with Crippen LogP contribution in [0.25, 0.3) is 10.8 Å². The molecule has 180 valence electrons. The molecule has 4 heterocycles. The zero-order chi connectivity index (χ0) is 23.6. The Bertz CT molecular complexity index is 1310. The summed E-state index contributed by atoms with van der Waals surface area (Å²) in [5, 5.41) is 13.9. The predicted octanol–water partition coefficient (Wildman–Crippen LogP) is 5.62. The van der Waals surface area contributed by atoms with Gasteiger partial charge in [-0.2, -0.15) is 5.10 Å². The Labute approximate surface area is 210 Å². The SMILES string of the molecule is Cc1cc(Nc2cc(N3CCC(N4CCCC4)CC3)nc(Sc3ccc4ccccc4c3)n2)[nH]n1. The Morgan fingerprint density at radius 1 is 0.914 bits per heavy atom. The van der Waals surface area contributed by atoms with E-state index in [1.54, 1.807) is 11.8 Å². The lowest BCUT2D eigenvalue weighted by Crippen LogP contribution is -2.44. The predicted molar refractivity (Wildman–Crippen MR) is 143 cm³/mol. The molecule has 7 nitrogen and oxygen atoms in total. The number of aryl methyl sites for hydroxylation is 1. The van der Waals surface area contributed by atoms with Crippen LogP contribution < -0.4 is 10.2 Å². The molecule has 6 rings (SSSR count). The van der Waals surface area contributed by atoms with Crippen molar-refractivity contribution in [1.82, 2.24) is 25.1 Å². The van der Waals surface area contributed by atoms with Crippen molar-refractivity contribution in [2.45, 2.75) is 48.7 Å². The van der Waals surface area contributed by atoms with Crippen LogP contribution in [0, 0.1) is 6.92 Å². The van der Waals surface area contributed by atoms with Gasteiger partial charge in [0.25, 0.3) is 0 Å². The number of aromatic nitrogens is 4. The molecular formula is C27H31N7S. The largest absolute Gasteiger partial charge is 0.356 e. The Hall–Kier alpha value is -3.10. The minimum atomic E-state index is 0.715. The number of nitrogens with one attached hydrogen (secondary N) is 2. The van der Waals surface area contributed by atoms with Crippen LogP contribution in [0.4, 0.5) is 17.5 Å².